The second-order valence-electron chi connectivity index (χ2n) is 4.13. The highest BCUT2D eigenvalue weighted by Gasteiger charge is 2.17. The van der Waals surface area contributed by atoms with Gasteiger partial charge in [-0.1, -0.05) is 0 Å². The van der Waals surface area contributed by atoms with Crippen molar-refractivity contribution in [2.75, 3.05) is 13.2 Å². The van der Waals surface area contributed by atoms with Crippen LogP contribution >= 0.6 is 31.9 Å². The number of ether oxygens (including phenoxy) is 1. The van der Waals surface area contributed by atoms with E-state index in [-0.39, 0.29) is 5.60 Å². The summed E-state index contributed by atoms with van der Waals surface area (Å²) in [6.07, 6.45) is 0. The number of halogens is 2. The topological polar surface area (TPSA) is 34.4 Å². The lowest BCUT2D eigenvalue weighted by atomic mass is 10.1. The highest BCUT2D eigenvalue weighted by atomic mass is 79.9. The number of rotatable bonds is 6. The van der Waals surface area contributed by atoms with Crippen LogP contribution in [0, 0.1) is 0 Å². The molecule has 0 aliphatic heterocycles. The molecule has 0 saturated carbocycles. The van der Waals surface area contributed by atoms with Crippen molar-refractivity contribution in [1.82, 2.24) is 5.32 Å². The highest BCUT2D eigenvalue weighted by molar-refractivity contribution is 9.13. The largest absolute Gasteiger partial charge is 0.452 e. The van der Waals surface area contributed by atoms with Gasteiger partial charge >= 0.3 is 0 Å². The van der Waals surface area contributed by atoms with Gasteiger partial charge in [-0.15, -0.1) is 0 Å². The fourth-order valence-corrected chi connectivity index (χ4v) is 2.07. The molecule has 1 aromatic rings. The van der Waals surface area contributed by atoms with Crippen LogP contribution in [0.4, 0.5) is 0 Å². The fraction of sp³-hybridized carbons (Fsp3) is 0.636. The van der Waals surface area contributed by atoms with E-state index in [2.05, 4.69) is 51.0 Å². The molecule has 0 unspecified atom stereocenters. The molecule has 1 aromatic heterocycles. The zero-order valence-electron chi connectivity index (χ0n) is 9.77. The summed E-state index contributed by atoms with van der Waals surface area (Å²) in [6.45, 7) is 8.35. The Morgan fingerprint density at radius 2 is 2.12 bits per heavy atom. The first kappa shape index (κ1) is 14.2. The molecule has 92 valence electrons. The molecule has 0 amide bonds. The molecule has 1 heterocycles. The van der Waals surface area contributed by atoms with Crippen LogP contribution in [0.3, 0.4) is 0 Å². The minimum atomic E-state index is -0.143. The molecule has 0 saturated heterocycles. The van der Waals surface area contributed by atoms with Crippen molar-refractivity contribution < 1.29 is 9.15 Å². The summed E-state index contributed by atoms with van der Waals surface area (Å²) in [7, 11) is 0. The van der Waals surface area contributed by atoms with Crippen molar-refractivity contribution in [3.8, 4) is 0 Å². The van der Waals surface area contributed by atoms with E-state index in [0.29, 0.717) is 6.54 Å². The monoisotopic (exact) mass is 353 g/mol. The first-order valence-electron chi connectivity index (χ1n) is 5.23. The predicted molar refractivity (Wildman–Crippen MR) is 71.5 cm³/mol. The quantitative estimate of drug-likeness (QED) is 0.845. The van der Waals surface area contributed by atoms with Gasteiger partial charge in [-0.3, -0.25) is 0 Å². The van der Waals surface area contributed by atoms with Crippen molar-refractivity contribution in [3.05, 3.63) is 21.0 Å². The highest BCUT2D eigenvalue weighted by Crippen LogP contribution is 2.26. The smallest absolute Gasteiger partial charge is 0.183 e. The van der Waals surface area contributed by atoms with Crippen molar-refractivity contribution in [2.24, 2.45) is 0 Å². The molecule has 0 radical (unpaired) electrons. The lowest BCUT2D eigenvalue weighted by Crippen LogP contribution is -2.37. The maximum atomic E-state index is 5.58. The van der Waals surface area contributed by atoms with Gasteiger partial charge in [0.1, 0.15) is 5.76 Å². The van der Waals surface area contributed by atoms with Gasteiger partial charge in [-0.25, -0.2) is 0 Å². The summed E-state index contributed by atoms with van der Waals surface area (Å²) in [6, 6.07) is 1.95. The summed E-state index contributed by atoms with van der Waals surface area (Å²) in [5.41, 5.74) is -0.143. The Balaban J connectivity index is 2.35. The van der Waals surface area contributed by atoms with Crippen LogP contribution in [-0.4, -0.2) is 18.8 Å². The van der Waals surface area contributed by atoms with Crippen LogP contribution in [0.1, 0.15) is 26.5 Å². The second-order valence-corrected chi connectivity index (χ2v) is 5.71. The van der Waals surface area contributed by atoms with Crippen molar-refractivity contribution in [2.45, 2.75) is 32.9 Å². The Labute approximate surface area is 113 Å². The molecule has 0 atom stereocenters. The van der Waals surface area contributed by atoms with Crippen molar-refractivity contribution in [1.29, 1.82) is 0 Å². The van der Waals surface area contributed by atoms with E-state index in [9.17, 15) is 0 Å². The van der Waals surface area contributed by atoms with Crippen molar-refractivity contribution in [3.63, 3.8) is 0 Å². The average molecular weight is 355 g/mol. The van der Waals surface area contributed by atoms with Crippen LogP contribution in [0.2, 0.25) is 0 Å². The van der Waals surface area contributed by atoms with E-state index in [1.165, 1.54) is 0 Å². The zero-order chi connectivity index (χ0) is 12.2. The summed E-state index contributed by atoms with van der Waals surface area (Å²) < 4.78 is 12.7. The van der Waals surface area contributed by atoms with E-state index in [0.717, 1.165) is 28.1 Å². The lowest BCUT2D eigenvalue weighted by Gasteiger charge is -2.24. The number of furan rings is 1. The summed E-state index contributed by atoms with van der Waals surface area (Å²) in [4.78, 5) is 0. The van der Waals surface area contributed by atoms with E-state index in [1.54, 1.807) is 0 Å². The third kappa shape index (κ3) is 4.57. The SMILES string of the molecule is CCOC(C)(C)CNCc1cc(Br)c(Br)o1. The first-order valence-corrected chi connectivity index (χ1v) is 6.81. The van der Waals surface area contributed by atoms with Gasteiger partial charge in [0.05, 0.1) is 16.6 Å². The fourth-order valence-electron chi connectivity index (χ4n) is 1.41. The Morgan fingerprint density at radius 1 is 1.44 bits per heavy atom. The molecule has 0 spiro atoms. The van der Waals surface area contributed by atoms with Gasteiger partial charge in [-0.2, -0.15) is 0 Å². The molecule has 0 aliphatic rings. The van der Waals surface area contributed by atoms with Crippen LogP contribution in [0.25, 0.3) is 0 Å². The molecule has 1 N–H and O–H groups in total. The third-order valence-corrected chi connectivity index (χ3v) is 3.79. The van der Waals surface area contributed by atoms with Gasteiger partial charge in [0.2, 0.25) is 0 Å². The third-order valence-electron chi connectivity index (χ3n) is 2.08. The normalized spacial score (nSPS) is 12.1. The Bertz CT molecular complexity index is 317. The van der Waals surface area contributed by atoms with E-state index < -0.39 is 0 Å². The Morgan fingerprint density at radius 3 is 2.62 bits per heavy atom. The van der Waals surface area contributed by atoms with Gasteiger partial charge in [0, 0.05) is 13.2 Å². The van der Waals surface area contributed by atoms with Crippen LogP contribution < -0.4 is 5.32 Å². The van der Waals surface area contributed by atoms with Gasteiger partial charge in [0.15, 0.2) is 4.67 Å². The van der Waals surface area contributed by atoms with Gasteiger partial charge in [0.25, 0.3) is 0 Å². The number of hydrogen-bond acceptors (Lipinski definition) is 3. The summed E-state index contributed by atoms with van der Waals surface area (Å²) >= 11 is 6.69. The maximum Gasteiger partial charge on any atom is 0.183 e. The van der Waals surface area contributed by atoms with E-state index in [1.807, 2.05) is 13.0 Å². The molecule has 5 heteroatoms. The molecular weight excluding hydrogens is 338 g/mol. The van der Waals surface area contributed by atoms with Crippen LogP contribution in [-0.2, 0) is 11.3 Å². The first-order chi connectivity index (χ1) is 7.44. The molecule has 0 aliphatic carbocycles. The van der Waals surface area contributed by atoms with E-state index in [4.69, 9.17) is 9.15 Å². The standard InChI is InChI=1S/C11H17Br2NO2/c1-4-15-11(2,3)7-14-6-8-5-9(12)10(13)16-8/h5,14H,4,6-7H2,1-3H3. The van der Waals surface area contributed by atoms with Crippen LogP contribution in [0.5, 0.6) is 0 Å². The molecule has 0 aromatic carbocycles. The molecule has 1 rings (SSSR count). The summed E-state index contributed by atoms with van der Waals surface area (Å²) in [5.74, 6) is 0.894. The number of hydrogen-bond donors (Lipinski definition) is 1. The predicted octanol–water partition coefficient (Wildman–Crippen LogP) is 3.71. The molecule has 0 fully saturated rings. The second kappa shape index (κ2) is 6.19. The lowest BCUT2D eigenvalue weighted by molar-refractivity contribution is -0.00920. The van der Waals surface area contributed by atoms with E-state index >= 15 is 0 Å². The number of nitrogens with one attached hydrogen (secondary N) is 1. The molecular formula is C11H17Br2NO2. The zero-order valence-corrected chi connectivity index (χ0v) is 12.9. The minimum Gasteiger partial charge on any atom is -0.452 e. The average Bonchev–Trinajstić information content (AvgIpc) is 2.45. The summed E-state index contributed by atoms with van der Waals surface area (Å²) in [5, 5.41) is 3.31. The maximum absolute atomic E-state index is 5.58. The van der Waals surface area contributed by atoms with Crippen LogP contribution in [0.15, 0.2) is 19.6 Å². The minimum absolute atomic E-state index is 0.143. The molecule has 0 bridgehead atoms. The Hall–Kier alpha value is 0.160. The van der Waals surface area contributed by atoms with Gasteiger partial charge in [-0.05, 0) is 58.7 Å². The van der Waals surface area contributed by atoms with Crippen molar-refractivity contribution >= 4 is 31.9 Å². The molecule has 16 heavy (non-hydrogen) atoms. The molecule has 3 nitrogen and oxygen atoms in total. The van der Waals surface area contributed by atoms with Gasteiger partial charge < -0.3 is 14.5 Å². The Kier molecular flexibility index (Phi) is 5.50.